The third-order valence-electron chi connectivity index (χ3n) is 3.45. The number of nitro groups is 1. The number of amides is 1. The van der Waals surface area contributed by atoms with E-state index in [0.717, 1.165) is 17.4 Å². The first-order chi connectivity index (χ1) is 10.0. The van der Waals surface area contributed by atoms with Crippen LogP contribution in [0.4, 0.5) is 5.69 Å². The van der Waals surface area contributed by atoms with Gasteiger partial charge in [-0.2, -0.15) is 0 Å². The normalized spacial score (nSPS) is 14.3. The summed E-state index contributed by atoms with van der Waals surface area (Å²) in [5, 5.41) is 13.5. The van der Waals surface area contributed by atoms with Crippen LogP contribution in [0.2, 0.25) is 0 Å². The predicted octanol–water partition coefficient (Wildman–Crippen LogP) is 1.03. The van der Waals surface area contributed by atoms with Gasteiger partial charge in [0.05, 0.1) is 10.4 Å². The first-order valence-corrected chi connectivity index (χ1v) is 6.59. The number of hydrogen-bond acceptors (Lipinski definition) is 5. The van der Waals surface area contributed by atoms with Gasteiger partial charge >= 0.3 is 5.76 Å². The Hall–Kier alpha value is -2.64. The number of rotatable bonds is 5. The lowest BCUT2D eigenvalue weighted by molar-refractivity contribution is -0.384. The monoisotopic (exact) mass is 291 g/mol. The maximum Gasteiger partial charge on any atom is 0.420 e. The summed E-state index contributed by atoms with van der Waals surface area (Å²) < 4.78 is 6.08. The number of nitro benzene ring substituents is 1. The minimum atomic E-state index is -0.702. The van der Waals surface area contributed by atoms with Crippen molar-refractivity contribution in [3.8, 4) is 0 Å². The number of fused-ring (bicyclic) bond motifs is 1. The van der Waals surface area contributed by atoms with Gasteiger partial charge in [-0.1, -0.05) is 0 Å². The molecule has 21 heavy (non-hydrogen) atoms. The Labute approximate surface area is 118 Å². The topological polar surface area (TPSA) is 107 Å². The zero-order valence-corrected chi connectivity index (χ0v) is 11.1. The Balaban J connectivity index is 1.87. The molecule has 0 radical (unpaired) electrons. The van der Waals surface area contributed by atoms with Crippen molar-refractivity contribution in [1.29, 1.82) is 0 Å². The molecule has 1 fully saturated rings. The van der Waals surface area contributed by atoms with E-state index in [0.29, 0.717) is 12.5 Å². The first-order valence-electron chi connectivity index (χ1n) is 6.59. The fraction of sp³-hybridized carbons (Fsp3) is 0.385. The average Bonchev–Trinajstić information content (AvgIpc) is 3.22. The lowest BCUT2D eigenvalue weighted by Crippen LogP contribution is -2.32. The van der Waals surface area contributed by atoms with E-state index in [-0.39, 0.29) is 29.2 Å². The molecule has 1 aliphatic rings. The number of nitrogens with one attached hydrogen (secondary N) is 1. The number of non-ortho nitro benzene ring substituents is 1. The van der Waals surface area contributed by atoms with E-state index in [1.807, 2.05) is 0 Å². The van der Waals surface area contributed by atoms with Gasteiger partial charge in [0.1, 0.15) is 6.54 Å². The molecule has 1 saturated carbocycles. The Morgan fingerprint density at radius 2 is 2.24 bits per heavy atom. The fourth-order valence-electron chi connectivity index (χ4n) is 2.09. The van der Waals surface area contributed by atoms with E-state index in [4.69, 9.17) is 4.42 Å². The summed E-state index contributed by atoms with van der Waals surface area (Å²) in [7, 11) is 0. The lowest BCUT2D eigenvalue weighted by atomic mass is 10.3. The number of nitrogens with zero attached hydrogens (tertiary/aromatic N) is 2. The van der Waals surface area contributed by atoms with E-state index in [1.54, 1.807) is 0 Å². The molecule has 0 spiro atoms. The van der Waals surface area contributed by atoms with Crippen molar-refractivity contribution < 1.29 is 14.1 Å². The number of carbonyl (C=O) groups is 1. The van der Waals surface area contributed by atoms with Gasteiger partial charge in [0.2, 0.25) is 5.91 Å². The van der Waals surface area contributed by atoms with Gasteiger partial charge in [0.15, 0.2) is 5.58 Å². The second-order valence-electron chi connectivity index (χ2n) is 5.11. The molecule has 0 saturated heterocycles. The number of oxazole rings is 1. The van der Waals surface area contributed by atoms with Gasteiger partial charge in [-0.3, -0.25) is 19.5 Å². The minimum absolute atomic E-state index is 0.157. The molecule has 1 aliphatic carbocycles. The summed E-state index contributed by atoms with van der Waals surface area (Å²) in [6.07, 6.45) is 2.22. The standard InChI is InChI=1S/C13H13N3O5/c17-12(14-6-8-1-2-8)7-15-10-5-9(16(19)20)3-4-11(10)21-13(15)18/h3-5,8H,1-2,6-7H2,(H,14,17). The fourth-order valence-corrected chi connectivity index (χ4v) is 2.09. The number of aromatic nitrogens is 1. The second kappa shape index (κ2) is 5.04. The van der Waals surface area contributed by atoms with E-state index in [9.17, 15) is 19.7 Å². The van der Waals surface area contributed by atoms with Crippen LogP contribution in [0.15, 0.2) is 27.4 Å². The summed E-state index contributed by atoms with van der Waals surface area (Å²) in [4.78, 5) is 33.8. The summed E-state index contributed by atoms with van der Waals surface area (Å²) in [5.74, 6) is -0.474. The van der Waals surface area contributed by atoms with Gasteiger partial charge in [-0.25, -0.2) is 4.79 Å². The van der Waals surface area contributed by atoms with Crippen molar-refractivity contribution in [2.45, 2.75) is 19.4 Å². The Kier molecular flexibility index (Phi) is 3.20. The smallest absolute Gasteiger partial charge is 0.408 e. The van der Waals surface area contributed by atoms with Crippen molar-refractivity contribution >= 4 is 22.7 Å². The highest BCUT2D eigenvalue weighted by atomic mass is 16.6. The van der Waals surface area contributed by atoms with Crippen molar-refractivity contribution in [3.05, 3.63) is 38.9 Å². The van der Waals surface area contributed by atoms with Crippen LogP contribution in [-0.4, -0.2) is 21.9 Å². The van der Waals surface area contributed by atoms with E-state index < -0.39 is 10.7 Å². The molecular weight excluding hydrogens is 278 g/mol. The highest BCUT2D eigenvalue weighted by Crippen LogP contribution is 2.27. The lowest BCUT2D eigenvalue weighted by Gasteiger charge is -2.04. The zero-order valence-electron chi connectivity index (χ0n) is 11.1. The Morgan fingerprint density at radius 1 is 1.48 bits per heavy atom. The molecule has 1 aromatic heterocycles. The number of benzene rings is 1. The molecule has 0 atom stereocenters. The SMILES string of the molecule is O=C(Cn1c(=O)oc2ccc([N+](=O)[O-])cc21)NCC1CC1. The van der Waals surface area contributed by atoms with Gasteiger partial charge in [0.25, 0.3) is 5.69 Å². The van der Waals surface area contributed by atoms with Crippen LogP contribution in [0.1, 0.15) is 12.8 Å². The van der Waals surface area contributed by atoms with Crippen molar-refractivity contribution in [3.63, 3.8) is 0 Å². The van der Waals surface area contributed by atoms with Crippen LogP contribution >= 0.6 is 0 Å². The summed E-state index contributed by atoms with van der Waals surface area (Å²) in [5.41, 5.74) is 0.312. The molecule has 0 unspecified atom stereocenters. The molecule has 0 bridgehead atoms. The second-order valence-corrected chi connectivity index (χ2v) is 5.11. The molecule has 3 rings (SSSR count). The third kappa shape index (κ3) is 2.78. The molecule has 8 heteroatoms. The van der Waals surface area contributed by atoms with Crippen molar-refractivity contribution in [2.24, 2.45) is 5.92 Å². The summed E-state index contributed by atoms with van der Waals surface area (Å²) in [6, 6.07) is 3.84. The molecule has 1 heterocycles. The van der Waals surface area contributed by atoms with Crippen LogP contribution < -0.4 is 11.1 Å². The molecule has 0 aliphatic heterocycles. The van der Waals surface area contributed by atoms with Crippen molar-refractivity contribution in [2.75, 3.05) is 6.54 Å². The molecular formula is C13H13N3O5. The minimum Gasteiger partial charge on any atom is -0.408 e. The van der Waals surface area contributed by atoms with Gasteiger partial charge in [-0.05, 0) is 24.8 Å². The summed E-state index contributed by atoms with van der Waals surface area (Å²) in [6.45, 7) is 0.392. The number of carbonyl (C=O) groups excluding carboxylic acids is 1. The molecule has 110 valence electrons. The van der Waals surface area contributed by atoms with E-state index in [2.05, 4.69) is 5.32 Å². The van der Waals surface area contributed by atoms with E-state index >= 15 is 0 Å². The molecule has 1 aromatic carbocycles. The van der Waals surface area contributed by atoms with Crippen LogP contribution in [0.25, 0.3) is 11.1 Å². The highest BCUT2D eigenvalue weighted by Gasteiger charge is 2.22. The largest absolute Gasteiger partial charge is 0.420 e. The molecule has 1 amide bonds. The average molecular weight is 291 g/mol. The van der Waals surface area contributed by atoms with Crippen LogP contribution in [0, 0.1) is 16.0 Å². The van der Waals surface area contributed by atoms with Crippen LogP contribution in [-0.2, 0) is 11.3 Å². The van der Waals surface area contributed by atoms with Crippen LogP contribution in [0.3, 0.4) is 0 Å². The predicted molar refractivity (Wildman–Crippen MR) is 72.9 cm³/mol. The Morgan fingerprint density at radius 3 is 2.90 bits per heavy atom. The van der Waals surface area contributed by atoms with Crippen molar-refractivity contribution in [1.82, 2.24) is 9.88 Å². The maximum absolute atomic E-state index is 11.8. The maximum atomic E-state index is 11.8. The zero-order chi connectivity index (χ0) is 15.0. The summed E-state index contributed by atoms with van der Waals surface area (Å²) >= 11 is 0. The third-order valence-corrected chi connectivity index (χ3v) is 3.45. The molecule has 1 N–H and O–H groups in total. The van der Waals surface area contributed by atoms with Gasteiger partial charge < -0.3 is 9.73 Å². The van der Waals surface area contributed by atoms with Gasteiger partial charge in [-0.15, -0.1) is 0 Å². The Bertz CT molecular complexity index is 772. The quantitative estimate of drug-likeness (QED) is 0.654. The van der Waals surface area contributed by atoms with Gasteiger partial charge in [0, 0.05) is 18.7 Å². The number of hydrogen-bond donors (Lipinski definition) is 1. The first kappa shape index (κ1) is 13.3. The molecule has 8 nitrogen and oxygen atoms in total. The van der Waals surface area contributed by atoms with Crippen LogP contribution in [0.5, 0.6) is 0 Å². The molecule has 2 aromatic rings. The van der Waals surface area contributed by atoms with E-state index in [1.165, 1.54) is 18.2 Å². The highest BCUT2D eigenvalue weighted by molar-refractivity contribution is 5.80.